The van der Waals surface area contributed by atoms with E-state index in [1.54, 1.807) is 72.8 Å². The van der Waals surface area contributed by atoms with Gasteiger partial charge in [0.05, 0.1) is 28.3 Å². The molecule has 6 heterocycles. The summed E-state index contributed by atoms with van der Waals surface area (Å²) in [5.41, 5.74) is 3.50. The average Bonchev–Trinajstić information content (AvgIpc) is 4.21. The molecule has 6 N–H and O–H groups in total. The summed E-state index contributed by atoms with van der Waals surface area (Å²) in [6, 6.07) is 26.3. The van der Waals surface area contributed by atoms with Crippen molar-refractivity contribution >= 4 is 63.9 Å². The number of phenols is 3. The van der Waals surface area contributed by atoms with Crippen LogP contribution in [0.25, 0.3) is 90.9 Å². The van der Waals surface area contributed by atoms with Crippen LogP contribution in [0.1, 0.15) is 48.5 Å². The maximum absolute atomic E-state index is 16.8. The molecule has 4 aromatic carbocycles. The van der Waals surface area contributed by atoms with Crippen molar-refractivity contribution in [3.05, 3.63) is 155 Å². The fourth-order valence-electron chi connectivity index (χ4n) is 8.98. The molecular formula is C54H40F4N6O5. The van der Waals surface area contributed by atoms with Crippen LogP contribution in [0.2, 0.25) is 0 Å². The first kappa shape index (κ1) is 44.1. The third-order valence-corrected chi connectivity index (χ3v) is 12.2. The lowest BCUT2D eigenvalue weighted by molar-refractivity contribution is -0.136. The number of aromatic nitrogens is 4. The molecule has 0 saturated heterocycles. The van der Waals surface area contributed by atoms with Gasteiger partial charge in [-0.15, -0.1) is 0 Å². The van der Waals surface area contributed by atoms with Crippen molar-refractivity contribution in [1.29, 1.82) is 0 Å². The molecule has 0 aliphatic carbocycles. The second-order valence-corrected chi connectivity index (χ2v) is 16.7. The van der Waals surface area contributed by atoms with Crippen LogP contribution in [0.3, 0.4) is 0 Å². The minimum absolute atomic E-state index is 0.0254. The number of nitrogens with zero attached hydrogens (tertiary/aromatic N) is 3. The van der Waals surface area contributed by atoms with Gasteiger partial charge >= 0.3 is 0 Å². The van der Waals surface area contributed by atoms with Crippen molar-refractivity contribution in [2.24, 2.45) is 0 Å². The molecule has 69 heavy (non-hydrogen) atoms. The van der Waals surface area contributed by atoms with Crippen LogP contribution in [-0.4, -0.2) is 65.1 Å². The van der Waals surface area contributed by atoms with Gasteiger partial charge in [-0.05, 0) is 114 Å². The number of phenolic OH excluding ortho intramolecular Hbond substituents is 3. The van der Waals surface area contributed by atoms with Crippen molar-refractivity contribution in [2.75, 3.05) is 18.4 Å². The number of unbranched alkanes of at least 4 members (excludes halogenated alkanes) is 3. The number of imide groups is 1. The Kier molecular flexibility index (Phi) is 11.6. The highest BCUT2D eigenvalue weighted by atomic mass is 19.2. The monoisotopic (exact) mass is 928 g/mol. The molecule has 0 saturated carbocycles. The average molecular weight is 929 g/mol. The molecule has 15 heteroatoms. The molecule has 3 aliphatic heterocycles. The minimum Gasteiger partial charge on any atom is -0.508 e. The second kappa shape index (κ2) is 18.2. The Morgan fingerprint density at radius 1 is 0.464 bits per heavy atom. The smallest absolute Gasteiger partial charge is 0.253 e. The number of aromatic amines is 2. The fourth-order valence-corrected chi connectivity index (χ4v) is 8.98. The Bertz CT molecular complexity index is 3450. The topological polar surface area (TPSA) is 167 Å². The minimum atomic E-state index is -1.67. The van der Waals surface area contributed by atoms with Gasteiger partial charge in [0, 0.05) is 69.6 Å². The van der Waals surface area contributed by atoms with E-state index in [1.807, 2.05) is 12.1 Å². The number of fused-ring (bicyclic) bond motifs is 8. The summed E-state index contributed by atoms with van der Waals surface area (Å²) < 4.78 is 66.2. The van der Waals surface area contributed by atoms with Gasteiger partial charge in [-0.3, -0.25) is 14.5 Å². The van der Waals surface area contributed by atoms with E-state index in [9.17, 15) is 24.9 Å². The largest absolute Gasteiger partial charge is 0.508 e. The third-order valence-electron chi connectivity index (χ3n) is 12.2. The summed E-state index contributed by atoms with van der Waals surface area (Å²) in [4.78, 5) is 41.5. The lowest BCUT2D eigenvalue weighted by Gasteiger charge is -2.15. The van der Waals surface area contributed by atoms with Crippen LogP contribution in [0, 0.1) is 23.3 Å². The number of anilines is 1. The maximum Gasteiger partial charge on any atom is 0.253 e. The first-order valence-corrected chi connectivity index (χ1v) is 22.1. The zero-order valence-electron chi connectivity index (χ0n) is 36.5. The third kappa shape index (κ3) is 8.39. The number of H-pyrrole nitrogens is 2. The molecule has 0 fully saturated rings. The molecule has 3 aliphatic rings. The van der Waals surface area contributed by atoms with Gasteiger partial charge in [-0.25, -0.2) is 27.5 Å². The van der Waals surface area contributed by atoms with Crippen LogP contribution in [0.5, 0.6) is 17.2 Å². The Morgan fingerprint density at radius 2 is 0.855 bits per heavy atom. The number of benzene rings is 4. The van der Waals surface area contributed by atoms with E-state index in [4.69, 9.17) is 9.97 Å². The second-order valence-electron chi connectivity index (χ2n) is 16.7. The summed E-state index contributed by atoms with van der Waals surface area (Å²) >= 11 is 0. The molecule has 11 nitrogen and oxygen atoms in total. The zero-order valence-corrected chi connectivity index (χ0v) is 36.5. The number of carbonyl (C=O) groups excluding carboxylic acids is 2. The highest BCUT2D eigenvalue weighted by molar-refractivity contribution is 6.13. The van der Waals surface area contributed by atoms with Crippen LogP contribution in [0.15, 0.2) is 109 Å². The number of amides is 2. The van der Waals surface area contributed by atoms with Gasteiger partial charge in [0.25, 0.3) is 11.8 Å². The van der Waals surface area contributed by atoms with Crippen LogP contribution in [-0.2, 0) is 9.59 Å². The SMILES string of the molecule is O=C1C=CC(=O)N1CCCCCCNc1c(F)c(F)c(-c2c3nc(c(-c4cccc(O)c4)c4ccc([nH]4)c(-c4cccc(O)c4)c4nc(c(-c5cccc(O)c5)c5ccc2[nH]5)C=C4)C=C3)c(F)c1F. The summed E-state index contributed by atoms with van der Waals surface area (Å²) in [5.74, 6) is -7.48. The van der Waals surface area contributed by atoms with Crippen LogP contribution < -0.4 is 5.32 Å². The van der Waals surface area contributed by atoms with E-state index in [1.165, 1.54) is 48.6 Å². The Morgan fingerprint density at radius 3 is 1.28 bits per heavy atom. The standard InChI is InChI=1S/C54H40F4N6O5/c55-50-49(51(56)53(58)54(52(50)57)59-24-3-1-2-4-25-64-43(68)22-23-44(64)69)48-41-20-18-39(62-41)46(30-9-6-12-33(66)27-30)37-16-14-35(60-37)45(29-8-5-11-32(65)26-29)36-15-17-38(61-36)47(40-19-21-42(48)63-40)31-10-7-13-34(67)28-31/h5-23,26-28,59-60,63,65-67H,1-4,24-25H2. The Balaban J connectivity index is 1.17. The lowest BCUT2D eigenvalue weighted by atomic mass is 10.0. The van der Waals surface area contributed by atoms with Gasteiger partial charge in [-0.1, -0.05) is 49.2 Å². The van der Waals surface area contributed by atoms with Gasteiger partial charge < -0.3 is 30.6 Å². The molecule has 2 amide bonds. The predicted octanol–water partition coefficient (Wildman–Crippen LogP) is 11.9. The first-order valence-electron chi connectivity index (χ1n) is 22.1. The predicted molar refractivity (Wildman–Crippen MR) is 258 cm³/mol. The summed E-state index contributed by atoms with van der Waals surface area (Å²) in [6.45, 7) is 0.190. The highest BCUT2D eigenvalue weighted by Gasteiger charge is 2.30. The zero-order chi connectivity index (χ0) is 47.9. The van der Waals surface area contributed by atoms with Crippen molar-refractivity contribution in [3.63, 3.8) is 0 Å². The number of nitrogens with one attached hydrogen (secondary N) is 3. The van der Waals surface area contributed by atoms with E-state index >= 15 is 17.6 Å². The molecule has 344 valence electrons. The molecule has 3 aromatic heterocycles. The van der Waals surface area contributed by atoms with Gasteiger partial charge in [0.2, 0.25) is 0 Å². The first-order chi connectivity index (χ1) is 33.4. The normalized spacial score (nSPS) is 13.0. The number of carbonyl (C=O) groups is 2. The Labute approximate surface area is 391 Å². The van der Waals surface area contributed by atoms with Gasteiger partial charge in [0.15, 0.2) is 23.3 Å². The summed E-state index contributed by atoms with van der Waals surface area (Å²) in [5, 5.41) is 34.5. The molecule has 7 aromatic rings. The molecule has 10 rings (SSSR count). The van der Waals surface area contributed by atoms with E-state index < -0.39 is 34.5 Å². The van der Waals surface area contributed by atoms with Crippen molar-refractivity contribution < 1.29 is 42.5 Å². The number of rotatable bonds is 12. The lowest BCUT2D eigenvalue weighted by Crippen LogP contribution is -2.30. The van der Waals surface area contributed by atoms with Crippen LogP contribution in [0.4, 0.5) is 23.2 Å². The molecule has 0 spiro atoms. The number of hydrogen-bond acceptors (Lipinski definition) is 8. The Hall–Kier alpha value is -8.72. The molecule has 8 bridgehead atoms. The quantitative estimate of drug-likeness (QED) is 0.0305. The van der Waals surface area contributed by atoms with Crippen molar-refractivity contribution in [1.82, 2.24) is 24.8 Å². The van der Waals surface area contributed by atoms with E-state index in [0.29, 0.717) is 87.0 Å². The van der Waals surface area contributed by atoms with Gasteiger partial charge in [0.1, 0.15) is 22.9 Å². The summed E-state index contributed by atoms with van der Waals surface area (Å²) in [7, 11) is 0. The van der Waals surface area contributed by atoms with E-state index in [2.05, 4.69) is 15.3 Å². The van der Waals surface area contributed by atoms with E-state index in [0.717, 1.165) is 4.90 Å². The van der Waals surface area contributed by atoms with E-state index in [-0.39, 0.29) is 64.6 Å². The molecule has 0 unspecified atom stereocenters. The number of halogens is 4. The van der Waals surface area contributed by atoms with Crippen LogP contribution >= 0.6 is 0 Å². The van der Waals surface area contributed by atoms with Crippen molar-refractivity contribution in [2.45, 2.75) is 25.7 Å². The molecule has 0 atom stereocenters. The molecule has 0 radical (unpaired) electrons. The fraction of sp³-hybridized carbons (Fsp3) is 0.111. The summed E-state index contributed by atoms with van der Waals surface area (Å²) in [6.07, 6.45) is 11.0. The molecular weight excluding hydrogens is 889 g/mol. The highest BCUT2D eigenvalue weighted by Crippen LogP contribution is 2.42. The van der Waals surface area contributed by atoms with Gasteiger partial charge in [-0.2, -0.15) is 0 Å². The number of hydrogen-bond donors (Lipinski definition) is 6. The maximum atomic E-state index is 16.8. The van der Waals surface area contributed by atoms with Crippen molar-refractivity contribution in [3.8, 4) is 61.8 Å². The number of aromatic hydroxyl groups is 3.